The van der Waals surface area contributed by atoms with Gasteiger partial charge in [-0.15, -0.1) is 0 Å². The van der Waals surface area contributed by atoms with Crippen molar-refractivity contribution >= 4 is 11.6 Å². The molecule has 0 spiro atoms. The summed E-state index contributed by atoms with van der Waals surface area (Å²) in [6.45, 7) is 6.03. The molecule has 2 rings (SSSR count). The van der Waals surface area contributed by atoms with E-state index in [1.165, 1.54) is 0 Å². The second-order valence-corrected chi connectivity index (χ2v) is 3.74. The minimum absolute atomic E-state index is 0.798. The smallest absolute Gasteiger partial charge is 0.153 e. The highest BCUT2D eigenvalue weighted by Gasteiger charge is 2.02. The van der Waals surface area contributed by atoms with Crippen molar-refractivity contribution in [1.29, 1.82) is 0 Å². The zero-order valence-corrected chi connectivity index (χ0v) is 9.13. The molecule has 4 heteroatoms. The second kappa shape index (κ2) is 3.73. The van der Waals surface area contributed by atoms with Crippen LogP contribution in [0.5, 0.6) is 0 Å². The van der Waals surface area contributed by atoms with Gasteiger partial charge >= 0.3 is 0 Å². The van der Waals surface area contributed by atoms with Crippen LogP contribution < -0.4 is 5.32 Å². The molecule has 0 aromatic carbocycles. The first-order valence-electron chi connectivity index (χ1n) is 4.87. The third-order valence-corrected chi connectivity index (χ3v) is 2.17. The van der Waals surface area contributed by atoms with Crippen LogP contribution in [0.2, 0.25) is 0 Å². The first-order valence-corrected chi connectivity index (χ1v) is 4.87. The monoisotopic (exact) mass is 202 g/mol. The van der Waals surface area contributed by atoms with Crippen LogP contribution in [0, 0.1) is 20.8 Å². The lowest BCUT2D eigenvalue weighted by Crippen LogP contribution is -1.97. The number of H-pyrrole nitrogens is 1. The van der Waals surface area contributed by atoms with Crippen molar-refractivity contribution in [3.63, 3.8) is 0 Å². The third-order valence-electron chi connectivity index (χ3n) is 2.17. The zero-order chi connectivity index (χ0) is 10.8. The van der Waals surface area contributed by atoms with Gasteiger partial charge in [-0.25, -0.2) is 4.98 Å². The summed E-state index contributed by atoms with van der Waals surface area (Å²) in [5.74, 6) is 1.65. The van der Waals surface area contributed by atoms with Crippen LogP contribution in [0.3, 0.4) is 0 Å². The van der Waals surface area contributed by atoms with Crippen molar-refractivity contribution < 1.29 is 0 Å². The van der Waals surface area contributed by atoms with Gasteiger partial charge in [0.25, 0.3) is 0 Å². The van der Waals surface area contributed by atoms with Crippen molar-refractivity contribution in [2.45, 2.75) is 20.8 Å². The molecule has 0 aliphatic carbocycles. The van der Waals surface area contributed by atoms with Crippen LogP contribution in [0.1, 0.15) is 16.8 Å². The highest BCUT2D eigenvalue weighted by atomic mass is 15.2. The molecule has 2 heterocycles. The molecule has 0 bridgehead atoms. The number of aromatic nitrogens is 3. The fourth-order valence-corrected chi connectivity index (χ4v) is 1.45. The predicted octanol–water partition coefficient (Wildman–Crippen LogP) is 2.47. The van der Waals surface area contributed by atoms with Crippen LogP contribution >= 0.6 is 0 Å². The maximum absolute atomic E-state index is 4.32. The maximum Gasteiger partial charge on any atom is 0.153 e. The lowest BCUT2D eigenvalue weighted by Gasteiger charge is -2.05. The molecule has 15 heavy (non-hydrogen) atoms. The molecular formula is C11H14N4. The van der Waals surface area contributed by atoms with E-state index in [1.54, 1.807) is 0 Å². The number of nitrogens with zero attached hydrogens (tertiary/aromatic N) is 2. The molecule has 2 aromatic rings. The predicted molar refractivity (Wildman–Crippen MR) is 60.3 cm³/mol. The molecule has 0 saturated heterocycles. The van der Waals surface area contributed by atoms with Crippen molar-refractivity contribution in [3.05, 3.63) is 35.2 Å². The van der Waals surface area contributed by atoms with Crippen molar-refractivity contribution in [2.75, 3.05) is 5.32 Å². The lowest BCUT2D eigenvalue weighted by molar-refractivity contribution is 1.05. The molecule has 0 unspecified atom stereocenters. The quantitative estimate of drug-likeness (QED) is 0.786. The van der Waals surface area contributed by atoms with Gasteiger partial charge in [0.15, 0.2) is 5.82 Å². The van der Waals surface area contributed by atoms with E-state index in [9.17, 15) is 0 Å². The summed E-state index contributed by atoms with van der Waals surface area (Å²) in [5.41, 5.74) is 3.31. The number of hydrogen-bond donors (Lipinski definition) is 2. The zero-order valence-electron chi connectivity index (χ0n) is 9.13. The summed E-state index contributed by atoms with van der Waals surface area (Å²) in [6.07, 6.45) is 1.84. The van der Waals surface area contributed by atoms with Crippen LogP contribution in [0.4, 0.5) is 11.6 Å². The number of nitrogens with one attached hydrogen (secondary N) is 2. The Balaban J connectivity index is 2.24. The van der Waals surface area contributed by atoms with E-state index in [1.807, 2.05) is 33.0 Å². The molecule has 2 aromatic heterocycles. The van der Waals surface area contributed by atoms with Crippen molar-refractivity contribution in [3.8, 4) is 0 Å². The average Bonchev–Trinajstić information content (AvgIpc) is 2.56. The van der Waals surface area contributed by atoms with E-state index >= 15 is 0 Å². The molecule has 0 atom stereocenters. The maximum atomic E-state index is 4.32. The van der Waals surface area contributed by atoms with Crippen molar-refractivity contribution in [2.24, 2.45) is 0 Å². The summed E-state index contributed by atoms with van der Waals surface area (Å²) in [7, 11) is 0. The highest BCUT2D eigenvalue weighted by molar-refractivity contribution is 5.55. The lowest BCUT2D eigenvalue weighted by atomic mass is 10.2. The van der Waals surface area contributed by atoms with E-state index in [2.05, 4.69) is 26.6 Å². The van der Waals surface area contributed by atoms with Crippen molar-refractivity contribution in [1.82, 2.24) is 15.2 Å². The standard InChI is InChI=1S/C11H14N4/c1-7-4-8(2)11(12-6-7)13-10-5-9(3)14-15-10/h4-6H,1-3H3,(H2,12,13,14,15). The van der Waals surface area contributed by atoms with Gasteiger partial charge in [0.2, 0.25) is 0 Å². The summed E-state index contributed by atoms with van der Waals surface area (Å²) in [4.78, 5) is 4.32. The van der Waals surface area contributed by atoms with Crippen LogP contribution in [-0.4, -0.2) is 15.2 Å². The summed E-state index contributed by atoms with van der Waals surface area (Å²) in [6, 6.07) is 4.04. The molecule has 78 valence electrons. The number of rotatable bonds is 2. The summed E-state index contributed by atoms with van der Waals surface area (Å²) < 4.78 is 0. The molecule has 4 nitrogen and oxygen atoms in total. The van der Waals surface area contributed by atoms with E-state index in [0.29, 0.717) is 0 Å². The average molecular weight is 202 g/mol. The largest absolute Gasteiger partial charge is 0.323 e. The topological polar surface area (TPSA) is 53.6 Å². The second-order valence-electron chi connectivity index (χ2n) is 3.74. The molecule has 0 aliphatic heterocycles. The minimum atomic E-state index is 0.798. The SMILES string of the molecule is Cc1cnc(Nc2cc(C)[nH]n2)c(C)c1. The summed E-state index contributed by atoms with van der Waals surface area (Å²) in [5, 5.41) is 10.1. The van der Waals surface area contributed by atoms with Gasteiger partial charge in [0.1, 0.15) is 5.82 Å². The fraction of sp³-hybridized carbons (Fsp3) is 0.273. The summed E-state index contributed by atoms with van der Waals surface area (Å²) >= 11 is 0. The van der Waals surface area contributed by atoms with Gasteiger partial charge in [-0.2, -0.15) is 5.10 Å². The minimum Gasteiger partial charge on any atom is -0.323 e. The molecule has 0 aliphatic rings. The van der Waals surface area contributed by atoms with E-state index in [0.717, 1.165) is 28.5 Å². The number of aromatic amines is 1. The Hall–Kier alpha value is -1.84. The Morgan fingerprint density at radius 1 is 1.20 bits per heavy atom. The molecule has 0 saturated carbocycles. The van der Waals surface area contributed by atoms with E-state index in [4.69, 9.17) is 0 Å². The molecule has 2 N–H and O–H groups in total. The normalized spacial score (nSPS) is 10.3. The number of hydrogen-bond acceptors (Lipinski definition) is 3. The molecule has 0 radical (unpaired) electrons. The van der Waals surface area contributed by atoms with Crippen LogP contribution in [0.15, 0.2) is 18.3 Å². The molecule has 0 fully saturated rings. The Labute approximate surface area is 88.8 Å². The van der Waals surface area contributed by atoms with Gasteiger partial charge in [-0.3, -0.25) is 5.10 Å². The highest BCUT2D eigenvalue weighted by Crippen LogP contribution is 2.17. The van der Waals surface area contributed by atoms with Gasteiger partial charge in [0.05, 0.1) is 0 Å². The Morgan fingerprint density at radius 2 is 2.00 bits per heavy atom. The Bertz CT molecular complexity index is 473. The number of pyridine rings is 1. The first kappa shape index (κ1) is 9.71. The molecular weight excluding hydrogens is 188 g/mol. The van der Waals surface area contributed by atoms with Crippen LogP contribution in [-0.2, 0) is 0 Å². The number of aryl methyl sites for hydroxylation is 3. The van der Waals surface area contributed by atoms with E-state index < -0.39 is 0 Å². The first-order chi connectivity index (χ1) is 7.15. The third kappa shape index (κ3) is 2.15. The number of anilines is 2. The van der Waals surface area contributed by atoms with Gasteiger partial charge in [-0.1, -0.05) is 6.07 Å². The van der Waals surface area contributed by atoms with E-state index in [-0.39, 0.29) is 0 Å². The van der Waals surface area contributed by atoms with Gasteiger partial charge < -0.3 is 5.32 Å². The van der Waals surface area contributed by atoms with Gasteiger partial charge in [0, 0.05) is 18.0 Å². The van der Waals surface area contributed by atoms with Crippen LogP contribution in [0.25, 0.3) is 0 Å². The Morgan fingerprint density at radius 3 is 2.60 bits per heavy atom. The fourth-order valence-electron chi connectivity index (χ4n) is 1.45. The van der Waals surface area contributed by atoms with Gasteiger partial charge in [-0.05, 0) is 31.9 Å². The molecule has 0 amide bonds. The Kier molecular flexibility index (Phi) is 2.41.